The highest BCUT2D eigenvalue weighted by Gasteiger charge is 2.20. The first-order valence-electron chi connectivity index (χ1n) is 9.08. The van der Waals surface area contributed by atoms with E-state index in [1.807, 2.05) is 24.4 Å². The molecule has 0 radical (unpaired) electrons. The molecule has 0 aliphatic carbocycles. The van der Waals surface area contributed by atoms with Crippen LogP contribution in [0.5, 0.6) is 11.5 Å². The Bertz CT molecular complexity index is 1090. The fourth-order valence-corrected chi connectivity index (χ4v) is 5.02. The van der Waals surface area contributed by atoms with Gasteiger partial charge in [-0.25, -0.2) is 18.1 Å². The Morgan fingerprint density at radius 1 is 1.03 bits per heavy atom. The van der Waals surface area contributed by atoms with Crippen molar-refractivity contribution in [2.75, 3.05) is 20.8 Å². The molecular formula is C21H24N2O4S2. The van der Waals surface area contributed by atoms with Crippen LogP contribution in [0.4, 0.5) is 0 Å². The number of nitrogens with one attached hydrogen (secondary N) is 1. The second kappa shape index (κ2) is 8.94. The van der Waals surface area contributed by atoms with Crippen LogP contribution in [-0.4, -0.2) is 34.2 Å². The first kappa shape index (κ1) is 21.3. The topological polar surface area (TPSA) is 77.5 Å². The van der Waals surface area contributed by atoms with E-state index in [-0.39, 0.29) is 11.4 Å². The zero-order valence-corrected chi connectivity index (χ0v) is 18.5. The molecule has 0 saturated carbocycles. The summed E-state index contributed by atoms with van der Waals surface area (Å²) in [4.78, 5) is 4.79. The highest BCUT2D eigenvalue weighted by molar-refractivity contribution is 7.89. The average molecular weight is 433 g/mol. The molecular weight excluding hydrogens is 408 g/mol. The van der Waals surface area contributed by atoms with Gasteiger partial charge in [-0.3, -0.25) is 0 Å². The lowest BCUT2D eigenvalue weighted by Crippen LogP contribution is -2.26. The second-order valence-electron chi connectivity index (χ2n) is 6.63. The third kappa shape index (κ3) is 4.95. The summed E-state index contributed by atoms with van der Waals surface area (Å²) in [5.41, 5.74) is 3.71. The van der Waals surface area contributed by atoms with Gasteiger partial charge < -0.3 is 9.47 Å². The Balaban J connectivity index is 1.68. The summed E-state index contributed by atoms with van der Waals surface area (Å²) in [5, 5.41) is 2.89. The van der Waals surface area contributed by atoms with Gasteiger partial charge in [0.25, 0.3) is 0 Å². The number of nitrogens with zero attached hydrogens (tertiary/aromatic N) is 1. The fraction of sp³-hybridized carbons (Fsp3) is 0.286. The minimum absolute atomic E-state index is 0.175. The van der Waals surface area contributed by atoms with E-state index in [0.29, 0.717) is 23.5 Å². The van der Waals surface area contributed by atoms with E-state index in [0.717, 1.165) is 16.3 Å². The molecule has 0 fully saturated rings. The molecule has 3 aromatic rings. The molecule has 0 unspecified atom stereocenters. The monoisotopic (exact) mass is 432 g/mol. The van der Waals surface area contributed by atoms with Gasteiger partial charge in [-0.2, -0.15) is 0 Å². The fourth-order valence-electron chi connectivity index (χ4n) is 2.89. The molecule has 8 heteroatoms. The Kier molecular flexibility index (Phi) is 6.56. The summed E-state index contributed by atoms with van der Waals surface area (Å²) in [5.74, 6) is 0.871. The van der Waals surface area contributed by atoms with Crippen LogP contribution in [0.25, 0.3) is 10.6 Å². The van der Waals surface area contributed by atoms with Crippen molar-refractivity contribution in [2.24, 2.45) is 0 Å². The van der Waals surface area contributed by atoms with Crippen LogP contribution in [0.15, 0.2) is 46.7 Å². The molecule has 3 rings (SSSR count). The predicted octanol–water partition coefficient (Wildman–Crippen LogP) is 3.97. The molecule has 0 amide bonds. The van der Waals surface area contributed by atoms with E-state index in [1.165, 1.54) is 25.8 Å². The Morgan fingerprint density at radius 2 is 1.69 bits per heavy atom. The minimum atomic E-state index is -3.68. The molecule has 1 N–H and O–H groups in total. The summed E-state index contributed by atoms with van der Waals surface area (Å²) in [6.07, 6.45) is 0.508. The summed E-state index contributed by atoms with van der Waals surface area (Å²) >= 11 is 1.56. The highest BCUT2D eigenvalue weighted by atomic mass is 32.2. The Labute approximate surface area is 175 Å². The summed E-state index contributed by atoms with van der Waals surface area (Å²) < 4.78 is 38.6. The lowest BCUT2D eigenvalue weighted by atomic mass is 10.2. The van der Waals surface area contributed by atoms with Gasteiger partial charge in [-0.15, -0.1) is 11.3 Å². The van der Waals surface area contributed by atoms with Crippen molar-refractivity contribution in [1.29, 1.82) is 0 Å². The smallest absolute Gasteiger partial charge is 0.240 e. The number of rotatable bonds is 8. The van der Waals surface area contributed by atoms with Gasteiger partial charge in [0.1, 0.15) is 5.01 Å². The first-order chi connectivity index (χ1) is 13.8. The maximum Gasteiger partial charge on any atom is 0.240 e. The molecule has 0 spiro atoms. The van der Waals surface area contributed by atoms with Crippen LogP contribution >= 0.6 is 11.3 Å². The number of thiazole rings is 1. The summed E-state index contributed by atoms with van der Waals surface area (Å²) in [6.45, 7) is 4.03. The average Bonchev–Trinajstić information content (AvgIpc) is 3.16. The van der Waals surface area contributed by atoms with Crippen molar-refractivity contribution in [3.63, 3.8) is 0 Å². The molecule has 2 aromatic carbocycles. The van der Waals surface area contributed by atoms with Gasteiger partial charge in [-0.05, 0) is 25.5 Å². The quantitative estimate of drug-likeness (QED) is 0.583. The van der Waals surface area contributed by atoms with Crippen molar-refractivity contribution < 1.29 is 17.9 Å². The second-order valence-corrected chi connectivity index (χ2v) is 9.22. The maximum atomic E-state index is 12.7. The number of aromatic nitrogens is 1. The van der Waals surface area contributed by atoms with E-state index in [2.05, 4.69) is 21.8 Å². The van der Waals surface area contributed by atoms with Crippen LogP contribution in [0.2, 0.25) is 0 Å². The molecule has 0 aliphatic rings. The number of aryl methyl sites for hydroxylation is 2. The number of ether oxygens (including phenoxy) is 2. The van der Waals surface area contributed by atoms with Crippen molar-refractivity contribution in [1.82, 2.24) is 9.71 Å². The first-order valence-corrected chi connectivity index (χ1v) is 11.4. The van der Waals surface area contributed by atoms with Gasteiger partial charge in [-0.1, -0.05) is 29.8 Å². The van der Waals surface area contributed by atoms with Crippen LogP contribution in [0.3, 0.4) is 0 Å². The number of benzene rings is 2. The number of sulfonamides is 1. The summed E-state index contributed by atoms with van der Waals surface area (Å²) in [7, 11) is -0.685. The van der Waals surface area contributed by atoms with Gasteiger partial charge in [0.05, 0.1) is 24.8 Å². The van der Waals surface area contributed by atoms with Crippen molar-refractivity contribution in [2.45, 2.75) is 25.2 Å². The van der Waals surface area contributed by atoms with Crippen LogP contribution in [-0.2, 0) is 16.4 Å². The maximum absolute atomic E-state index is 12.7. The molecule has 0 atom stereocenters. The largest absolute Gasteiger partial charge is 0.493 e. The van der Waals surface area contributed by atoms with E-state index >= 15 is 0 Å². The van der Waals surface area contributed by atoms with E-state index in [9.17, 15) is 8.42 Å². The highest BCUT2D eigenvalue weighted by Crippen LogP contribution is 2.32. The molecule has 1 heterocycles. The molecule has 0 bridgehead atoms. The third-order valence-electron chi connectivity index (χ3n) is 4.49. The van der Waals surface area contributed by atoms with E-state index < -0.39 is 10.0 Å². The zero-order chi connectivity index (χ0) is 21.0. The van der Waals surface area contributed by atoms with Gasteiger partial charge in [0.2, 0.25) is 10.0 Å². The number of methoxy groups -OCH3 is 2. The molecule has 29 heavy (non-hydrogen) atoms. The van der Waals surface area contributed by atoms with Crippen molar-refractivity contribution >= 4 is 21.4 Å². The molecule has 0 aliphatic heterocycles. The minimum Gasteiger partial charge on any atom is -0.493 e. The summed E-state index contributed by atoms with van der Waals surface area (Å²) in [6, 6.07) is 11.3. The predicted molar refractivity (Wildman–Crippen MR) is 115 cm³/mol. The molecule has 154 valence electrons. The SMILES string of the molecule is COc1cc(C)c(S(=O)(=O)NCCc2csc(-c3ccc(C)cc3)n2)cc1OC. The van der Waals surface area contributed by atoms with Crippen molar-refractivity contribution in [3.05, 3.63) is 58.6 Å². The van der Waals surface area contributed by atoms with Gasteiger partial charge >= 0.3 is 0 Å². The van der Waals surface area contributed by atoms with Crippen LogP contribution < -0.4 is 14.2 Å². The van der Waals surface area contributed by atoms with Crippen LogP contribution in [0, 0.1) is 13.8 Å². The standard InChI is InChI=1S/C21H24N2O4S2/c1-14-5-7-16(8-6-14)21-23-17(13-28-21)9-10-22-29(24,25)20-12-19(27-4)18(26-3)11-15(20)2/h5-8,11-13,22H,9-10H2,1-4H3. The van der Waals surface area contributed by atoms with Crippen molar-refractivity contribution in [3.8, 4) is 22.1 Å². The molecule has 6 nitrogen and oxygen atoms in total. The van der Waals surface area contributed by atoms with Crippen LogP contribution in [0.1, 0.15) is 16.8 Å². The van der Waals surface area contributed by atoms with E-state index in [1.54, 1.807) is 24.3 Å². The Morgan fingerprint density at radius 3 is 2.34 bits per heavy atom. The lowest BCUT2D eigenvalue weighted by Gasteiger charge is -2.13. The Hall–Kier alpha value is -2.42. The lowest BCUT2D eigenvalue weighted by molar-refractivity contribution is 0.353. The van der Waals surface area contributed by atoms with Gasteiger partial charge in [0.15, 0.2) is 11.5 Å². The number of hydrogen-bond donors (Lipinski definition) is 1. The third-order valence-corrected chi connectivity index (χ3v) is 7.04. The molecule has 1 aromatic heterocycles. The zero-order valence-electron chi connectivity index (χ0n) is 16.9. The number of hydrogen-bond acceptors (Lipinski definition) is 6. The van der Waals surface area contributed by atoms with Gasteiger partial charge in [0, 0.05) is 30.0 Å². The van der Waals surface area contributed by atoms with E-state index in [4.69, 9.17) is 9.47 Å². The molecule has 0 saturated heterocycles. The normalized spacial score (nSPS) is 11.4.